The fraction of sp³-hybridized carbons (Fsp3) is 0.0455. The number of anilines is 2. The third kappa shape index (κ3) is 2.69. The fourth-order valence-electron chi connectivity index (χ4n) is 3.37. The predicted octanol–water partition coefficient (Wildman–Crippen LogP) is 5.23. The lowest BCUT2D eigenvalue weighted by Crippen LogP contribution is -1.97. The average molecular weight is 351 g/mol. The van der Waals surface area contributed by atoms with Crippen molar-refractivity contribution in [1.82, 2.24) is 20.2 Å². The van der Waals surface area contributed by atoms with E-state index in [1.807, 2.05) is 42.5 Å². The van der Waals surface area contributed by atoms with Crippen molar-refractivity contribution in [1.29, 1.82) is 0 Å². The summed E-state index contributed by atoms with van der Waals surface area (Å²) < 4.78 is 0. The van der Waals surface area contributed by atoms with Gasteiger partial charge in [0.25, 0.3) is 0 Å². The molecule has 5 heteroatoms. The van der Waals surface area contributed by atoms with Crippen LogP contribution in [0.3, 0.4) is 0 Å². The first-order chi connectivity index (χ1) is 13.3. The van der Waals surface area contributed by atoms with E-state index in [2.05, 4.69) is 45.6 Å². The van der Waals surface area contributed by atoms with Gasteiger partial charge in [-0.25, -0.2) is 4.98 Å². The number of H-pyrrole nitrogens is 1. The molecule has 0 spiro atoms. The molecule has 5 rings (SSSR count). The van der Waals surface area contributed by atoms with Crippen LogP contribution in [-0.4, -0.2) is 20.2 Å². The molecule has 0 aliphatic heterocycles. The highest BCUT2D eigenvalue weighted by Crippen LogP contribution is 2.32. The van der Waals surface area contributed by atoms with Gasteiger partial charge in [0.1, 0.15) is 0 Å². The minimum absolute atomic E-state index is 0.797. The van der Waals surface area contributed by atoms with Crippen molar-refractivity contribution in [3.63, 3.8) is 0 Å². The molecule has 0 amide bonds. The van der Waals surface area contributed by atoms with Crippen LogP contribution in [0.5, 0.6) is 0 Å². The summed E-state index contributed by atoms with van der Waals surface area (Å²) in [5.74, 6) is 0.797. The highest BCUT2D eigenvalue weighted by atomic mass is 15.2. The monoisotopic (exact) mass is 351 g/mol. The Kier molecular flexibility index (Phi) is 3.57. The average Bonchev–Trinajstić information content (AvgIpc) is 3.11. The molecule has 0 fully saturated rings. The Morgan fingerprint density at radius 2 is 1.78 bits per heavy atom. The zero-order valence-corrected chi connectivity index (χ0v) is 14.8. The van der Waals surface area contributed by atoms with Crippen LogP contribution in [0.4, 0.5) is 11.5 Å². The molecule has 0 aliphatic carbocycles. The van der Waals surface area contributed by atoms with Gasteiger partial charge in [0.2, 0.25) is 0 Å². The molecule has 27 heavy (non-hydrogen) atoms. The van der Waals surface area contributed by atoms with E-state index in [1.165, 1.54) is 5.56 Å². The van der Waals surface area contributed by atoms with E-state index in [4.69, 9.17) is 4.98 Å². The summed E-state index contributed by atoms with van der Waals surface area (Å²) in [6.07, 6.45) is 3.58. The molecule has 3 heterocycles. The number of nitrogens with one attached hydrogen (secondary N) is 2. The molecule has 0 atom stereocenters. The number of nitrogens with zero attached hydrogens (tertiary/aromatic N) is 3. The van der Waals surface area contributed by atoms with Crippen molar-refractivity contribution in [3.8, 4) is 11.3 Å². The largest absolute Gasteiger partial charge is 0.338 e. The Morgan fingerprint density at radius 1 is 0.926 bits per heavy atom. The molecule has 0 bridgehead atoms. The number of fused-ring (bicyclic) bond motifs is 2. The summed E-state index contributed by atoms with van der Waals surface area (Å²) in [7, 11) is 0. The molecule has 2 aromatic carbocycles. The normalized spacial score (nSPS) is 11.1. The number of rotatable bonds is 3. The topological polar surface area (TPSA) is 66.5 Å². The molecule has 2 N–H and O–H groups in total. The number of para-hydroxylation sites is 1. The first kappa shape index (κ1) is 15.5. The van der Waals surface area contributed by atoms with Gasteiger partial charge in [0.05, 0.1) is 28.6 Å². The number of aryl methyl sites for hydroxylation is 1. The number of aromatic amines is 1. The van der Waals surface area contributed by atoms with Crippen LogP contribution in [0.15, 0.2) is 73.1 Å². The van der Waals surface area contributed by atoms with Gasteiger partial charge in [-0.1, -0.05) is 36.4 Å². The number of pyridine rings is 2. The Morgan fingerprint density at radius 3 is 2.70 bits per heavy atom. The van der Waals surface area contributed by atoms with Crippen molar-refractivity contribution < 1.29 is 0 Å². The van der Waals surface area contributed by atoms with Crippen molar-refractivity contribution in [3.05, 3.63) is 78.6 Å². The van der Waals surface area contributed by atoms with Crippen LogP contribution < -0.4 is 5.32 Å². The second-order valence-corrected chi connectivity index (χ2v) is 6.51. The van der Waals surface area contributed by atoms with Gasteiger partial charge < -0.3 is 5.32 Å². The Balaban J connectivity index is 1.70. The Hall–Kier alpha value is -3.73. The zero-order chi connectivity index (χ0) is 18.2. The lowest BCUT2D eigenvalue weighted by Gasteiger charge is -2.12. The van der Waals surface area contributed by atoms with Crippen LogP contribution in [0.1, 0.15) is 5.56 Å². The highest BCUT2D eigenvalue weighted by molar-refractivity contribution is 5.98. The van der Waals surface area contributed by atoms with E-state index < -0.39 is 0 Å². The first-order valence-corrected chi connectivity index (χ1v) is 8.80. The molecule has 0 radical (unpaired) electrons. The van der Waals surface area contributed by atoms with E-state index in [1.54, 1.807) is 12.4 Å². The molecule has 0 saturated heterocycles. The molecular formula is C22H17N5. The molecule has 130 valence electrons. The summed E-state index contributed by atoms with van der Waals surface area (Å²) in [4.78, 5) is 9.07. The number of hydrogen-bond acceptors (Lipinski definition) is 4. The summed E-state index contributed by atoms with van der Waals surface area (Å²) in [5, 5.41) is 13.1. The van der Waals surface area contributed by atoms with Crippen LogP contribution in [0, 0.1) is 6.92 Å². The van der Waals surface area contributed by atoms with Crippen LogP contribution in [0.2, 0.25) is 0 Å². The number of hydrogen-bond donors (Lipinski definition) is 2. The lowest BCUT2D eigenvalue weighted by molar-refractivity contribution is 1.12. The second-order valence-electron chi connectivity index (χ2n) is 6.51. The standard InChI is InChI=1S/C22H17N5/c1-14-6-2-3-7-15(14)19-12-20(16-10-11-23-13-21(16)24-19)25-22-17-8-4-5-9-18(17)26-27-22/h2-13H,1H3,(H2,24,25,26,27). The van der Waals surface area contributed by atoms with Crippen molar-refractivity contribution in [2.24, 2.45) is 0 Å². The number of benzene rings is 2. The fourth-order valence-corrected chi connectivity index (χ4v) is 3.37. The number of aromatic nitrogens is 4. The smallest absolute Gasteiger partial charge is 0.160 e. The van der Waals surface area contributed by atoms with E-state index in [0.717, 1.165) is 44.6 Å². The van der Waals surface area contributed by atoms with Gasteiger partial charge in [0.15, 0.2) is 5.82 Å². The minimum Gasteiger partial charge on any atom is -0.338 e. The highest BCUT2D eigenvalue weighted by Gasteiger charge is 2.12. The van der Waals surface area contributed by atoms with Crippen LogP contribution >= 0.6 is 0 Å². The minimum atomic E-state index is 0.797. The molecule has 0 saturated carbocycles. The van der Waals surface area contributed by atoms with Gasteiger partial charge in [-0.3, -0.25) is 10.1 Å². The molecule has 0 aliphatic rings. The lowest BCUT2D eigenvalue weighted by atomic mass is 10.0. The molecule has 0 unspecified atom stereocenters. The van der Waals surface area contributed by atoms with E-state index in [0.29, 0.717) is 0 Å². The molecular weight excluding hydrogens is 334 g/mol. The van der Waals surface area contributed by atoms with E-state index >= 15 is 0 Å². The first-order valence-electron chi connectivity index (χ1n) is 8.80. The molecule has 5 aromatic rings. The van der Waals surface area contributed by atoms with Crippen LogP contribution in [0.25, 0.3) is 33.1 Å². The third-order valence-electron chi connectivity index (χ3n) is 4.76. The predicted molar refractivity (Wildman–Crippen MR) is 109 cm³/mol. The van der Waals surface area contributed by atoms with Crippen molar-refractivity contribution >= 4 is 33.3 Å². The quantitative estimate of drug-likeness (QED) is 0.467. The Bertz CT molecular complexity index is 1270. The maximum atomic E-state index is 4.83. The van der Waals surface area contributed by atoms with Gasteiger partial charge in [-0.05, 0) is 36.8 Å². The van der Waals surface area contributed by atoms with E-state index in [9.17, 15) is 0 Å². The van der Waals surface area contributed by atoms with Gasteiger partial charge in [-0.15, -0.1) is 0 Å². The molecule has 5 nitrogen and oxygen atoms in total. The Labute approximate surface area is 156 Å². The maximum Gasteiger partial charge on any atom is 0.160 e. The van der Waals surface area contributed by atoms with Gasteiger partial charge in [-0.2, -0.15) is 5.10 Å². The SMILES string of the molecule is Cc1ccccc1-c1cc(Nc2n[nH]c3ccccc23)c2ccncc2n1. The van der Waals surface area contributed by atoms with Crippen LogP contribution in [-0.2, 0) is 0 Å². The summed E-state index contributed by atoms with van der Waals surface area (Å²) in [6.45, 7) is 2.10. The summed E-state index contributed by atoms with van der Waals surface area (Å²) in [6, 6.07) is 20.4. The molecule has 3 aromatic heterocycles. The van der Waals surface area contributed by atoms with Gasteiger partial charge in [0, 0.05) is 22.5 Å². The third-order valence-corrected chi connectivity index (χ3v) is 4.76. The second kappa shape index (κ2) is 6.21. The van der Waals surface area contributed by atoms with Gasteiger partial charge >= 0.3 is 0 Å². The van der Waals surface area contributed by atoms with Crippen molar-refractivity contribution in [2.75, 3.05) is 5.32 Å². The van der Waals surface area contributed by atoms with E-state index in [-0.39, 0.29) is 0 Å². The maximum absolute atomic E-state index is 4.83. The zero-order valence-electron chi connectivity index (χ0n) is 14.8. The van der Waals surface area contributed by atoms with Crippen molar-refractivity contribution in [2.45, 2.75) is 6.92 Å². The summed E-state index contributed by atoms with van der Waals surface area (Å²) >= 11 is 0. The summed E-state index contributed by atoms with van der Waals surface area (Å²) in [5.41, 5.74) is 6.01.